The number of pyridine rings is 1. The highest BCUT2D eigenvalue weighted by atomic mass is 35.5. The van der Waals surface area contributed by atoms with Crippen LogP contribution in [0.1, 0.15) is 17.3 Å². The van der Waals surface area contributed by atoms with Gasteiger partial charge in [-0.05, 0) is 24.6 Å². The quantitative estimate of drug-likeness (QED) is 0.690. The highest BCUT2D eigenvalue weighted by molar-refractivity contribution is 6.18. The number of nitrogens with one attached hydrogen (secondary N) is 1. The molecule has 0 aliphatic rings. The Bertz CT molecular complexity index is 741. The van der Waals surface area contributed by atoms with Crippen LogP contribution in [0.25, 0.3) is 10.9 Å². The highest BCUT2D eigenvalue weighted by Crippen LogP contribution is 2.27. The molecule has 0 spiro atoms. The van der Waals surface area contributed by atoms with E-state index >= 15 is 0 Å². The Morgan fingerprint density at radius 2 is 1.76 bits per heavy atom. The molecule has 0 aliphatic heterocycles. The van der Waals surface area contributed by atoms with E-state index in [0.717, 1.165) is 22.3 Å². The standard InChI is InChI=1S/C18H17ClN2/c1-13-11-17(15-9-5-6-10-16(15)20-13)21-18(12-19)14-7-3-2-4-8-14/h2-11,18H,12H2,1H3,(H,20,21). The number of aromatic nitrogens is 1. The van der Waals surface area contributed by atoms with Gasteiger partial charge >= 0.3 is 0 Å². The number of fused-ring (bicyclic) bond motifs is 1. The topological polar surface area (TPSA) is 24.9 Å². The van der Waals surface area contributed by atoms with E-state index in [0.29, 0.717) is 5.88 Å². The largest absolute Gasteiger partial charge is 0.376 e. The molecule has 1 unspecified atom stereocenters. The second kappa shape index (κ2) is 6.15. The van der Waals surface area contributed by atoms with E-state index in [1.165, 1.54) is 5.56 Å². The third-order valence-corrected chi connectivity index (χ3v) is 3.84. The van der Waals surface area contributed by atoms with Gasteiger partial charge in [-0.1, -0.05) is 48.5 Å². The zero-order valence-corrected chi connectivity index (χ0v) is 12.6. The van der Waals surface area contributed by atoms with Crippen molar-refractivity contribution in [3.63, 3.8) is 0 Å². The maximum Gasteiger partial charge on any atom is 0.0725 e. The summed E-state index contributed by atoms with van der Waals surface area (Å²) >= 11 is 6.16. The Balaban J connectivity index is 2.00. The van der Waals surface area contributed by atoms with Crippen LogP contribution in [0.2, 0.25) is 0 Å². The molecule has 1 atom stereocenters. The Labute approximate surface area is 129 Å². The Hall–Kier alpha value is -2.06. The van der Waals surface area contributed by atoms with Crippen molar-refractivity contribution in [1.82, 2.24) is 4.98 Å². The van der Waals surface area contributed by atoms with Gasteiger partial charge < -0.3 is 5.32 Å². The van der Waals surface area contributed by atoms with Crippen LogP contribution in [0.5, 0.6) is 0 Å². The molecule has 0 fully saturated rings. The van der Waals surface area contributed by atoms with Gasteiger partial charge in [0.25, 0.3) is 0 Å². The summed E-state index contributed by atoms with van der Waals surface area (Å²) in [5, 5.41) is 4.68. The van der Waals surface area contributed by atoms with Gasteiger partial charge in [0.15, 0.2) is 0 Å². The lowest BCUT2D eigenvalue weighted by Crippen LogP contribution is -2.12. The summed E-state index contributed by atoms with van der Waals surface area (Å²) in [5.74, 6) is 0.514. The molecule has 0 aliphatic carbocycles. The lowest BCUT2D eigenvalue weighted by molar-refractivity contribution is 0.894. The molecule has 3 heteroatoms. The van der Waals surface area contributed by atoms with E-state index in [9.17, 15) is 0 Å². The number of hydrogen-bond donors (Lipinski definition) is 1. The summed E-state index contributed by atoms with van der Waals surface area (Å²) < 4.78 is 0. The molecule has 0 saturated carbocycles. The Morgan fingerprint density at radius 1 is 1.05 bits per heavy atom. The van der Waals surface area contributed by atoms with E-state index < -0.39 is 0 Å². The fraction of sp³-hybridized carbons (Fsp3) is 0.167. The fourth-order valence-electron chi connectivity index (χ4n) is 2.51. The molecule has 1 aromatic heterocycles. The van der Waals surface area contributed by atoms with Crippen molar-refractivity contribution in [2.45, 2.75) is 13.0 Å². The van der Waals surface area contributed by atoms with Crippen molar-refractivity contribution in [1.29, 1.82) is 0 Å². The van der Waals surface area contributed by atoms with Gasteiger partial charge in [-0.3, -0.25) is 4.98 Å². The van der Waals surface area contributed by atoms with Crippen LogP contribution in [-0.4, -0.2) is 10.9 Å². The first-order chi connectivity index (χ1) is 10.3. The van der Waals surface area contributed by atoms with Crippen LogP contribution in [0, 0.1) is 6.92 Å². The van der Waals surface area contributed by atoms with Crippen LogP contribution >= 0.6 is 11.6 Å². The van der Waals surface area contributed by atoms with Gasteiger partial charge in [0.2, 0.25) is 0 Å². The predicted molar refractivity (Wildman–Crippen MR) is 90.0 cm³/mol. The minimum absolute atomic E-state index is 0.0815. The van der Waals surface area contributed by atoms with Gasteiger partial charge in [0, 0.05) is 22.6 Å². The van der Waals surface area contributed by atoms with Crippen LogP contribution in [0.4, 0.5) is 5.69 Å². The minimum Gasteiger partial charge on any atom is -0.376 e. The molecule has 0 saturated heterocycles. The van der Waals surface area contributed by atoms with Crippen LogP contribution < -0.4 is 5.32 Å². The summed E-state index contributed by atoms with van der Waals surface area (Å²) in [6.07, 6.45) is 0. The Kier molecular flexibility index (Phi) is 4.07. The maximum absolute atomic E-state index is 6.16. The summed E-state index contributed by atoms with van der Waals surface area (Å²) in [7, 11) is 0. The molecular formula is C18H17ClN2. The number of hydrogen-bond acceptors (Lipinski definition) is 2. The lowest BCUT2D eigenvalue weighted by atomic mass is 10.1. The number of nitrogens with zero attached hydrogens (tertiary/aromatic N) is 1. The van der Waals surface area contributed by atoms with E-state index in [2.05, 4.69) is 34.6 Å². The summed E-state index contributed by atoms with van der Waals surface area (Å²) in [5.41, 5.74) is 4.26. The number of para-hydroxylation sites is 1. The van der Waals surface area contributed by atoms with E-state index in [-0.39, 0.29) is 6.04 Å². The van der Waals surface area contributed by atoms with E-state index in [1.807, 2.05) is 43.3 Å². The van der Waals surface area contributed by atoms with Gasteiger partial charge in [0.05, 0.1) is 11.6 Å². The molecule has 3 aromatic rings. The third-order valence-electron chi connectivity index (χ3n) is 3.53. The van der Waals surface area contributed by atoms with Crippen molar-refractivity contribution < 1.29 is 0 Å². The number of aryl methyl sites for hydroxylation is 1. The Morgan fingerprint density at radius 3 is 2.52 bits per heavy atom. The molecule has 3 rings (SSSR count). The molecule has 2 nitrogen and oxygen atoms in total. The molecule has 1 N–H and O–H groups in total. The maximum atomic E-state index is 6.16. The molecule has 21 heavy (non-hydrogen) atoms. The molecule has 0 radical (unpaired) electrons. The second-order valence-corrected chi connectivity index (χ2v) is 5.40. The van der Waals surface area contributed by atoms with Crippen molar-refractivity contribution >= 4 is 28.2 Å². The highest BCUT2D eigenvalue weighted by Gasteiger charge is 2.12. The third kappa shape index (κ3) is 3.01. The average molecular weight is 297 g/mol. The fourth-order valence-corrected chi connectivity index (χ4v) is 2.77. The average Bonchev–Trinajstić information content (AvgIpc) is 2.53. The summed E-state index contributed by atoms with van der Waals surface area (Å²) in [6, 6.07) is 20.6. The van der Waals surface area contributed by atoms with E-state index in [4.69, 9.17) is 11.6 Å². The first-order valence-electron chi connectivity index (χ1n) is 7.02. The number of anilines is 1. The summed E-state index contributed by atoms with van der Waals surface area (Å²) in [6.45, 7) is 2.01. The predicted octanol–water partition coefficient (Wildman–Crippen LogP) is 4.94. The minimum atomic E-state index is 0.0815. The number of alkyl halides is 1. The van der Waals surface area contributed by atoms with Gasteiger partial charge in [-0.15, -0.1) is 11.6 Å². The van der Waals surface area contributed by atoms with Crippen LogP contribution in [0.3, 0.4) is 0 Å². The molecule has 106 valence electrons. The van der Waals surface area contributed by atoms with Crippen molar-refractivity contribution in [2.75, 3.05) is 11.2 Å². The van der Waals surface area contributed by atoms with Crippen LogP contribution in [0.15, 0.2) is 60.7 Å². The molecule has 0 amide bonds. The lowest BCUT2D eigenvalue weighted by Gasteiger charge is -2.19. The molecule has 0 bridgehead atoms. The number of benzene rings is 2. The van der Waals surface area contributed by atoms with Gasteiger partial charge in [0.1, 0.15) is 0 Å². The van der Waals surface area contributed by atoms with Crippen LogP contribution in [-0.2, 0) is 0 Å². The SMILES string of the molecule is Cc1cc(NC(CCl)c2ccccc2)c2ccccc2n1. The zero-order chi connectivity index (χ0) is 14.7. The zero-order valence-electron chi connectivity index (χ0n) is 11.9. The number of halogens is 1. The molecule has 1 heterocycles. The van der Waals surface area contributed by atoms with Crippen molar-refractivity contribution in [3.8, 4) is 0 Å². The molecule has 2 aromatic carbocycles. The first-order valence-corrected chi connectivity index (χ1v) is 7.55. The normalized spacial score (nSPS) is 12.3. The smallest absolute Gasteiger partial charge is 0.0725 e. The van der Waals surface area contributed by atoms with Crippen molar-refractivity contribution in [3.05, 3.63) is 71.9 Å². The van der Waals surface area contributed by atoms with E-state index in [1.54, 1.807) is 0 Å². The number of rotatable bonds is 4. The monoisotopic (exact) mass is 296 g/mol. The van der Waals surface area contributed by atoms with Gasteiger partial charge in [-0.25, -0.2) is 0 Å². The second-order valence-electron chi connectivity index (χ2n) is 5.09. The molecular weight excluding hydrogens is 280 g/mol. The summed E-state index contributed by atoms with van der Waals surface area (Å²) in [4.78, 5) is 4.57. The van der Waals surface area contributed by atoms with Crippen molar-refractivity contribution in [2.24, 2.45) is 0 Å². The first kappa shape index (κ1) is 13.9. The van der Waals surface area contributed by atoms with Gasteiger partial charge in [-0.2, -0.15) is 0 Å².